The maximum absolute atomic E-state index is 11.3. The van der Waals surface area contributed by atoms with Gasteiger partial charge in [0.2, 0.25) is 21.1 Å². The molecule has 0 bridgehead atoms. The number of hydrogen-bond donors (Lipinski definition) is 1. The molecule has 86 valence electrons. The van der Waals surface area contributed by atoms with Crippen molar-refractivity contribution in [2.24, 2.45) is 0 Å². The molecule has 0 saturated carbocycles. The van der Waals surface area contributed by atoms with Gasteiger partial charge in [0.1, 0.15) is 10.5 Å². The predicted octanol–water partition coefficient (Wildman–Crippen LogP) is 0.738. The lowest BCUT2D eigenvalue weighted by Crippen LogP contribution is -2.37. The highest BCUT2D eigenvalue weighted by Crippen LogP contribution is 2.14. The van der Waals surface area contributed by atoms with Gasteiger partial charge in [-0.15, -0.1) is 0 Å². The van der Waals surface area contributed by atoms with E-state index in [0.29, 0.717) is 6.54 Å². The van der Waals surface area contributed by atoms with E-state index in [1.807, 2.05) is 34.3 Å². The van der Waals surface area contributed by atoms with Gasteiger partial charge in [-0.25, -0.2) is 13.1 Å². The van der Waals surface area contributed by atoms with Gasteiger partial charge in [0.25, 0.3) is 0 Å². The number of aromatic nitrogens is 1. The van der Waals surface area contributed by atoms with E-state index >= 15 is 0 Å². The Morgan fingerprint density at radius 1 is 1.38 bits per heavy atom. The van der Waals surface area contributed by atoms with Gasteiger partial charge in [0.05, 0.1) is 0 Å². The summed E-state index contributed by atoms with van der Waals surface area (Å²) < 4.78 is 28.1. The van der Waals surface area contributed by atoms with Crippen molar-refractivity contribution in [2.45, 2.75) is 6.54 Å². The second-order valence-corrected chi connectivity index (χ2v) is 6.34. The van der Waals surface area contributed by atoms with Crippen molar-refractivity contribution in [1.29, 1.82) is 0 Å². The smallest absolute Gasteiger partial charge is 0.218 e. The van der Waals surface area contributed by atoms with E-state index in [1.165, 1.54) is 11.7 Å². The molecular weight excluding hydrogens is 244 g/mol. The maximum Gasteiger partial charge on any atom is 0.225 e. The number of thiazole rings is 1. The van der Waals surface area contributed by atoms with E-state index in [4.69, 9.17) is 0 Å². The van der Waals surface area contributed by atoms with Crippen molar-refractivity contribution >= 4 is 31.6 Å². The van der Waals surface area contributed by atoms with Gasteiger partial charge in [-0.05, 0) is 13.1 Å². The minimum Gasteiger partial charge on any atom is -0.218 e. The summed E-state index contributed by atoms with van der Waals surface area (Å²) in [5, 5.41) is 0. The second-order valence-electron chi connectivity index (χ2n) is 3.41. The van der Waals surface area contributed by atoms with Gasteiger partial charge in [0.15, 0.2) is 6.54 Å². The lowest BCUT2D eigenvalue weighted by atomic mass is 10.3. The minimum atomic E-state index is -3.13. The highest BCUT2D eigenvalue weighted by atomic mass is 32.2. The molecule has 0 atom stereocenters. The fourth-order valence-electron chi connectivity index (χ4n) is 1.47. The third-order valence-corrected chi connectivity index (χ3v) is 4.69. The number of nitrogens with one attached hydrogen (secondary N) is 1. The average molecular weight is 257 g/mol. The van der Waals surface area contributed by atoms with Crippen molar-refractivity contribution < 1.29 is 13.0 Å². The molecule has 0 aliphatic carbocycles. The van der Waals surface area contributed by atoms with Crippen LogP contribution in [0.5, 0.6) is 0 Å². The third-order valence-electron chi connectivity index (χ3n) is 2.39. The zero-order valence-electron chi connectivity index (χ0n) is 8.88. The summed E-state index contributed by atoms with van der Waals surface area (Å²) in [6, 6.07) is 7.96. The number of rotatable bonds is 4. The number of nitrogens with zero attached hydrogens (tertiary/aromatic N) is 1. The van der Waals surface area contributed by atoms with E-state index in [-0.39, 0.29) is 5.75 Å². The molecule has 1 aromatic carbocycles. The van der Waals surface area contributed by atoms with E-state index in [0.717, 1.165) is 5.52 Å². The molecule has 16 heavy (non-hydrogen) atoms. The van der Waals surface area contributed by atoms with Gasteiger partial charge < -0.3 is 0 Å². The van der Waals surface area contributed by atoms with Crippen LogP contribution in [0.2, 0.25) is 0 Å². The normalized spacial score (nSPS) is 12.1. The van der Waals surface area contributed by atoms with Gasteiger partial charge in [-0.1, -0.05) is 23.5 Å². The van der Waals surface area contributed by atoms with Gasteiger partial charge in [-0.3, -0.25) is 0 Å². The van der Waals surface area contributed by atoms with Crippen LogP contribution in [-0.4, -0.2) is 21.2 Å². The van der Waals surface area contributed by atoms with Crippen LogP contribution in [0.4, 0.5) is 0 Å². The molecule has 6 heteroatoms. The second kappa shape index (κ2) is 4.48. The van der Waals surface area contributed by atoms with E-state index in [2.05, 4.69) is 4.72 Å². The predicted molar refractivity (Wildman–Crippen MR) is 64.9 cm³/mol. The van der Waals surface area contributed by atoms with Crippen LogP contribution >= 0.6 is 11.3 Å². The molecule has 0 aliphatic heterocycles. The van der Waals surface area contributed by atoms with Crippen molar-refractivity contribution in [3.63, 3.8) is 0 Å². The number of hydrogen-bond acceptors (Lipinski definition) is 3. The topological polar surface area (TPSA) is 50.1 Å². The molecule has 0 radical (unpaired) electrons. The quantitative estimate of drug-likeness (QED) is 0.821. The first-order valence-electron chi connectivity index (χ1n) is 4.89. The Hall–Kier alpha value is -0.980. The molecule has 0 saturated heterocycles. The molecule has 1 heterocycles. The van der Waals surface area contributed by atoms with Crippen LogP contribution in [0.25, 0.3) is 10.2 Å². The molecule has 4 nitrogen and oxygen atoms in total. The van der Waals surface area contributed by atoms with Crippen molar-refractivity contribution in [3.8, 4) is 0 Å². The first-order valence-corrected chi connectivity index (χ1v) is 7.42. The standard InChI is InChI=1S/C10H13N2O2S2/c1-11-16(13,14)7-6-12-8-15-10-5-3-2-4-9(10)12/h2-5,8,11H,6-7H2,1H3/q+1. The molecule has 1 N–H and O–H groups in total. The number of sulfonamides is 1. The molecule has 0 unspecified atom stereocenters. The van der Waals surface area contributed by atoms with E-state index < -0.39 is 10.0 Å². The molecule has 0 amide bonds. The molecule has 0 aliphatic rings. The van der Waals surface area contributed by atoms with Crippen LogP contribution in [-0.2, 0) is 16.6 Å². The number of fused-ring (bicyclic) bond motifs is 1. The fourth-order valence-corrected chi connectivity index (χ4v) is 3.03. The van der Waals surface area contributed by atoms with Crippen molar-refractivity contribution in [2.75, 3.05) is 12.8 Å². The zero-order chi connectivity index (χ0) is 11.6. The van der Waals surface area contributed by atoms with Gasteiger partial charge in [0, 0.05) is 6.07 Å². The summed E-state index contributed by atoms with van der Waals surface area (Å²) in [4.78, 5) is 0. The Kier molecular flexibility index (Phi) is 3.22. The molecule has 0 fully saturated rings. The summed E-state index contributed by atoms with van der Waals surface area (Å²) in [5.41, 5.74) is 3.04. The average Bonchev–Trinajstić information content (AvgIpc) is 2.70. The number of para-hydroxylation sites is 1. The number of aryl methyl sites for hydroxylation is 1. The summed E-state index contributed by atoms with van der Waals surface area (Å²) in [5.74, 6) is 0.106. The van der Waals surface area contributed by atoms with Crippen molar-refractivity contribution in [1.82, 2.24) is 4.72 Å². The molecule has 0 spiro atoms. The lowest BCUT2D eigenvalue weighted by molar-refractivity contribution is -0.662. The zero-order valence-corrected chi connectivity index (χ0v) is 10.5. The Balaban J connectivity index is 2.22. The SMILES string of the molecule is CNS(=O)(=O)CC[n+]1csc2ccccc21. The van der Waals surface area contributed by atoms with Crippen molar-refractivity contribution in [3.05, 3.63) is 29.8 Å². The maximum atomic E-state index is 11.3. The van der Waals surface area contributed by atoms with E-state index in [1.54, 1.807) is 11.3 Å². The van der Waals surface area contributed by atoms with Crippen LogP contribution in [0, 0.1) is 0 Å². The first-order chi connectivity index (χ1) is 7.62. The minimum absolute atomic E-state index is 0.106. The third kappa shape index (κ3) is 2.40. The number of benzene rings is 1. The Bertz CT molecular complexity index is 590. The molecular formula is C10H13N2O2S2+. The molecule has 2 aromatic rings. The van der Waals surface area contributed by atoms with E-state index in [9.17, 15) is 8.42 Å². The summed E-state index contributed by atoms with van der Waals surface area (Å²) in [6.45, 7) is 0.479. The van der Waals surface area contributed by atoms with Crippen LogP contribution in [0.15, 0.2) is 29.8 Å². The lowest BCUT2D eigenvalue weighted by Gasteiger charge is -1.98. The summed E-state index contributed by atoms with van der Waals surface area (Å²) in [6.07, 6.45) is 0. The van der Waals surface area contributed by atoms with Gasteiger partial charge >= 0.3 is 0 Å². The molecule has 2 rings (SSSR count). The molecule has 1 aromatic heterocycles. The highest BCUT2D eigenvalue weighted by Gasteiger charge is 2.15. The highest BCUT2D eigenvalue weighted by molar-refractivity contribution is 7.89. The van der Waals surface area contributed by atoms with Crippen LogP contribution in [0.1, 0.15) is 0 Å². The summed E-state index contributed by atoms with van der Waals surface area (Å²) in [7, 11) is -1.69. The Labute approximate surface area is 98.6 Å². The largest absolute Gasteiger partial charge is 0.225 e. The Morgan fingerprint density at radius 3 is 2.88 bits per heavy atom. The Morgan fingerprint density at radius 2 is 2.12 bits per heavy atom. The van der Waals surface area contributed by atoms with Crippen LogP contribution in [0.3, 0.4) is 0 Å². The van der Waals surface area contributed by atoms with Crippen LogP contribution < -0.4 is 9.29 Å². The fraction of sp³-hybridized carbons (Fsp3) is 0.300. The summed E-state index contributed by atoms with van der Waals surface area (Å²) >= 11 is 1.62. The monoisotopic (exact) mass is 257 g/mol. The van der Waals surface area contributed by atoms with Gasteiger partial charge in [-0.2, -0.15) is 4.57 Å². The first kappa shape index (κ1) is 11.5.